The number of aromatic nitrogens is 2. The van der Waals surface area contributed by atoms with Crippen LogP contribution < -0.4 is 4.74 Å². The molecule has 0 radical (unpaired) electrons. The van der Waals surface area contributed by atoms with Crippen LogP contribution in [0.25, 0.3) is 0 Å². The van der Waals surface area contributed by atoms with Gasteiger partial charge in [0.2, 0.25) is 5.89 Å². The monoisotopic (exact) mass is 233 g/mol. The van der Waals surface area contributed by atoms with Gasteiger partial charge in [0.1, 0.15) is 23.2 Å². The molecule has 0 aliphatic heterocycles. The van der Waals surface area contributed by atoms with Gasteiger partial charge in [0.05, 0.1) is 0 Å². The zero-order valence-electron chi connectivity index (χ0n) is 8.98. The first-order valence-electron chi connectivity index (χ1n) is 4.81. The lowest BCUT2D eigenvalue weighted by Gasteiger charge is -2.05. The molecule has 0 aliphatic carbocycles. The van der Waals surface area contributed by atoms with Gasteiger partial charge in [-0.05, 0) is 12.1 Å². The third kappa shape index (κ3) is 2.39. The Bertz CT molecular complexity index is 574. The van der Waals surface area contributed by atoms with Crippen molar-refractivity contribution < 1.29 is 13.5 Å². The first-order chi connectivity index (χ1) is 8.20. The second kappa shape index (κ2) is 4.61. The summed E-state index contributed by atoms with van der Waals surface area (Å²) in [5.74, 6) is 0.231. The predicted molar refractivity (Wildman–Crippen MR) is 54.5 cm³/mol. The Morgan fingerprint density at radius 2 is 2.29 bits per heavy atom. The number of aryl methyl sites for hydroxylation is 1. The van der Waals surface area contributed by atoms with Crippen LogP contribution in [0, 0.1) is 24.1 Å². The van der Waals surface area contributed by atoms with Crippen LogP contribution in [0.15, 0.2) is 22.6 Å². The Kier molecular flexibility index (Phi) is 3.01. The third-order valence-electron chi connectivity index (χ3n) is 2.01. The lowest BCUT2D eigenvalue weighted by molar-refractivity contribution is 0.258. The normalized spacial score (nSPS) is 9.94. The second-order valence-electron chi connectivity index (χ2n) is 3.23. The van der Waals surface area contributed by atoms with Crippen LogP contribution in [-0.2, 0) is 6.61 Å². The van der Waals surface area contributed by atoms with Gasteiger partial charge < -0.3 is 9.15 Å². The molecule has 1 aromatic heterocycles. The fraction of sp³-hybridized carbons (Fsp3) is 0.182. The van der Waals surface area contributed by atoms with Crippen LogP contribution in [0.3, 0.4) is 0 Å². The Hall–Kier alpha value is -2.42. The summed E-state index contributed by atoms with van der Waals surface area (Å²) in [6, 6.07) is 5.90. The fourth-order valence-corrected chi connectivity index (χ4v) is 1.27. The van der Waals surface area contributed by atoms with Crippen molar-refractivity contribution in [3.8, 4) is 11.8 Å². The molecule has 2 rings (SSSR count). The predicted octanol–water partition coefficient (Wildman–Crippen LogP) is 1.97. The van der Waals surface area contributed by atoms with Crippen LogP contribution in [0.2, 0.25) is 0 Å². The number of benzene rings is 1. The number of ether oxygens (including phenoxy) is 1. The number of hydrogen-bond donors (Lipinski definition) is 0. The topological polar surface area (TPSA) is 71.9 Å². The van der Waals surface area contributed by atoms with Crippen molar-refractivity contribution in [2.45, 2.75) is 13.5 Å². The van der Waals surface area contributed by atoms with Crippen LogP contribution >= 0.6 is 0 Å². The van der Waals surface area contributed by atoms with Gasteiger partial charge >= 0.3 is 0 Å². The van der Waals surface area contributed by atoms with E-state index in [4.69, 9.17) is 14.4 Å². The van der Waals surface area contributed by atoms with Gasteiger partial charge in [-0.15, -0.1) is 10.2 Å². The number of halogens is 1. The molecule has 0 fully saturated rings. The van der Waals surface area contributed by atoms with E-state index in [2.05, 4.69) is 10.2 Å². The van der Waals surface area contributed by atoms with E-state index in [1.807, 2.05) is 0 Å². The van der Waals surface area contributed by atoms with E-state index in [1.54, 1.807) is 13.0 Å². The van der Waals surface area contributed by atoms with Crippen molar-refractivity contribution in [3.63, 3.8) is 0 Å². The maximum absolute atomic E-state index is 13.2. The molecule has 0 amide bonds. The smallest absolute Gasteiger partial charge is 0.253 e. The minimum absolute atomic E-state index is 0.00102. The first kappa shape index (κ1) is 11.1. The molecule has 1 heterocycles. The van der Waals surface area contributed by atoms with Gasteiger partial charge in [-0.1, -0.05) is 6.07 Å². The Morgan fingerprint density at radius 1 is 1.47 bits per heavy atom. The molecule has 0 N–H and O–H groups in total. The van der Waals surface area contributed by atoms with Gasteiger partial charge in [-0.3, -0.25) is 0 Å². The molecular formula is C11H8FN3O2. The third-order valence-corrected chi connectivity index (χ3v) is 2.01. The highest BCUT2D eigenvalue weighted by atomic mass is 19.1. The zero-order chi connectivity index (χ0) is 12.3. The van der Waals surface area contributed by atoms with Gasteiger partial charge in [0, 0.05) is 6.92 Å². The average Bonchev–Trinajstić information content (AvgIpc) is 2.72. The van der Waals surface area contributed by atoms with Crippen molar-refractivity contribution in [1.82, 2.24) is 10.2 Å². The van der Waals surface area contributed by atoms with Gasteiger partial charge in [-0.2, -0.15) is 5.26 Å². The molecule has 0 saturated heterocycles. The molecular weight excluding hydrogens is 225 g/mol. The van der Waals surface area contributed by atoms with Gasteiger partial charge in [0.15, 0.2) is 6.61 Å². The zero-order valence-corrected chi connectivity index (χ0v) is 8.98. The summed E-state index contributed by atoms with van der Waals surface area (Å²) < 4.78 is 23.6. The van der Waals surface area contributed by atoms with Gasteiger partial charge in [-0.25, -0.2) is 4.39 Å². The summed E-state index contributed by atoms with van der Waals surface area (Å²) in [4.78, 5) is 0. The molecule has 6 heteroatoms. The van der Waals surface area contributed by atoms with E-state index < -0.39 is 5.82 Å². The van der Waals surface area contributed by atoms with Crippen LogP contribution in [0.5, 0.6) is 5.75 Å². The minimum Gasteiger partial charge on any atom is -0.482 e. The highest BCUT2D eigenvalue weighted by Crippen LogP contribution is 2.21. The number of nitriles is 1. The van der Waals surface area contributed by atoms with Crippen LogP contribution in [0.1, 0.15) is 17.3 Å². The molecule has 0 unspecified atom stereocenters. The lowest BCUT2D eigenvalue weighted by atomic mass is 10.2. The minimum atomic E-state index is -0.619. The Labute approximate surface area is 96.5 Å². The highest BCUT2D eigenvalue weighted by Gasteiger charge is 2.10. The molecule has 2 aromatic rings. The van der Waals surface area contributed by atoms with Crippen LogP contribution in [-0.4, -0.2) is 10.2 Å². The summed E-state index contributed by atoms with van der Waals surface area (Å²) in [7, 11) is 0. The standard InChI is InChI=1S/C11H8FN3O2/c1-7-14-15-11(17-7)6-16-10-4-2-3-9(12)8(10)5-13/h2-4H,6H2,1H3. The van der Waals surface area contributed by atoms with E-state index in [0.717, 1.165) is 0 Å². The highest BCUT2D eigenvalue weighted by molar-refractivity contribution is 5.43. The SMILES string of the molecule is Cc1nnc(COc2cccc(F)c2C#N)o1. The number of nitrogens with zero attached hydrogens (tertiary/aromatic N) is 3. The number of rotatable bonds is 3. The number of hydrogen-bond acceptors (Lipinski definition) is 5. The maximum atomic E-state index is 13.2. The van der Waals surface area contributed by atoms with Crippen molar-refractivity contribution >= 4 is 0 Å². The summed E-state index contributed by atoms with van der Waals surface area (Å²) in [6.45, 7) is 1.65. The molecule has 0 saturated carbocycles. The largest absolute Gasteiger partial charge is 0.482 e. The first-order valence-corrected chi connectivity index (χ1v) is 4.81. The molecule has 5 nitrogen and oxygen atoms in total. The maximum Gasteiger partial charge on any atom is 0.253 e. The summed E-state index contributed by atoms with van der Waals surface area (Å²) in [5.41, 5.74) is -0.135. The van der Waals surface area contributed by atoms with Crippen molar-refractivity contribution in [1.29, 1.82) is 5.26 Å². The molecule has 17 heavy (non-hydrogen) atoms. The van der Waals surface area contributed by atoms with Crippen molar-refractivity contribution in [2.75, 3.05) is 0 Å². The van der Waals surface area contributed by atoms with E-state index in [9.17, 15) is 4.39 Å². The lowest BCUT2D eigenvalue weighted by Crippen LogP contribution is -1.99. The Morgan fingerprint density at radius 3 is 2.94 bits per heavy atom. The summed E-state index contributed by atoms with van der Waals surface area (Å²) in [6.07, 6.45) is 0. The fourth-order valence-electron chi connectivity index (χ4n) is 1.27. The van der Waals surface area contributed by atoms with E-state index in [-0.39, 0.29) is 23.8 Å². The van der Waals surface area contributed by atoms with E-state index in [0.29, 0.717) is 5.89 Å². The van der Waals surface area contributed by atoms with Gasteiger partial charge in [0.25, 0.3) is 5.89 Å². The average molecular weight is 233 g/mol. The molecule has 0 aliphatic rings. The summed E-state index contributed by atoms with van der Waals surface area (Å²) in [5, 5.41) is 16.1. The molecule has 86 valence electrons. The quantitative estimate of drug-likeness (QED) is 0.810. The van der Waals surface area contributed by atoms with Crippen molar-refractivity contribution in [2.24, 2.45) is 0 Å². The summed E-state index contributed by atoms with van der Waals surface area (Å²) >= 11 is 0. The van der Waals surface area contributed by atoms with Crippen LogP contribution in [0.4, 0.5) is 4.39 Å². The van der Waals surface area contributed by atoms with E-state index >= 15 is 0 Å². The second-order valence-corrected chi connectivity index (χ2v) is 3.23. The molecule has 1 aromatic carbocycles. The molecule has 0 atom stereocenters. The van der Waals surface area contributed by atoms with E-state index in [1.165, 1.54) is 18.2 Å². The molecule has 0 spiro atoms. The van der Waals surface area contributed by atoms with Crippen molar-refractivity contribution in [3.05, 3.63) is 41.4 Å². The molecule has 0 bridgehead atoms. The Balaban J connectivity index is 2.14.